The summed E-state index contributed by atoms with van der Waals surface area (Å²) in [6.07, 6.45) is 29.5. The first-order valence-corrected chi connectivity index (χ1v) is 18.3. The number of aliphatic hydroxyl groups is 1. The number of hydrogen-bond acceptors (Lipinski definition) is 6. The second kappa shape index (κ2) is 27.1. The Morgan fingerprint density at radius 3 is 1.98 bits per heavy atom. The van der Waals surface area contributed by atoms with E-state index in [-0.39, 0.29) is 19.1 Å². The van der Waals surface area contributed by atoms with Crippen LogP contribution in [0.25, 0.3) is 0 Å². The van der Waals surface area contributed by atoms with Gasteiger partial charge in [0.05, 0.1) is 39.9 Å². The summed E-state index contributed by atoms with van der Waals surface area (Å²) < 4.78 is 22.8. The second-order valence-electron chi connectivity index (χ2n) is 12.5. The highest BCUT2D eigenvalue weighted by atomic mass is 31.2. The van der Waals surface area contributed by atoms with Crippen molar-refractivity contribution in [2.24, 2.45) is 0 Å². The lowest BCUT2D eigenvalue weighted by atomic mass is 10.1. The van der Waals surface area contributed by atoms with Gasteiger partial charge < -0.3 is 28.8 Å². The molecule has 8 nitrogen and oxygen atoms in total. The number of rotatable bonds is 29. The zero-order chi connectivity index (χ0) is 32.2. The lowest BCUT2D eigenvalue weighted by Gasteiger charge is -2.29. The molecule has 2 N–H and O–H groups in total. The highest BCUT2D eigenvalue weighted by Gasteiger charge is 2.23. The van der Waals surface area contributed by atoms with E-state index in [9.17, 15) is 19.4 Å². The lowest BCUT2D eigenvalue weighted by molar-refractivity contribution is -0.870. The number of carbonyl (C=O) groups is 1. The molecular formula is C34H65N2O6P. The molecule has 0 bridgehead atoms. The highest BCUT2D eigenvalue weighted by molar-refractivity contribution is 7.45. The lowest BCUT2D eigenvalue weighted by Crippen LogP contribution is -2.45. The Bertz CT molecular complexity index is 809. The quantitative estimate of drug-likeness (QED) is 0.0387. The van der Waals surface area contributed by atoms with Crippen molar-refractivity contribution in [2.75, 3.05) is 40.9 Å². The molecule has 1 amide bonds. The molecule has 0 rings (SSSR count). The predicted molar refractivity (Wildman–Crippen MR) is 178 cm³/mol. The van der Waals surface area contributed by atoms with Crippen molar-refractivity contribution in [1.29, 1.82) is 0 Å². The minimum absolute atomic E-state index is 0.00501. The molecule has 43 heavy (non-hydrogen) atoms. The van der Waals surface area contributed by atoms with Gasteiger partial charge in [-0.1, -0.05) is 108 Å². The highest BCUT2D eigenvalue weighted by Crippen LogP contribution is 2.38. The van der Waals surface area contributed by atoms with Crippen molar-refractivity contribution in [3.05, 3.63) is 36.5 Å². The number of allylic oxidation sites excluding steroid dienone is 5. The number of phosphoric ester groups is 1. The Kier molecular flexibility index (Phi) is 26.3. The molecule has 0 aromatic heterocycles. The number of carbonyl (C=O) groups excluding carboxylic acids is 1. The number of amides is 1. The molecule has 0 aromatic carbocycles. The van der Waals surface area contributed by atoms with Crippen LogP contribution in [-0.2, 0) is 18.4 Å². The van der Waals surface area contributed by atoms with E-state index >= 15 is 0 Å². The van der Waals surface area contributed by atoms with Gasteiger partial charge >= 0.3 is 0 Å². The molecule has 3 atom stereocenters. The molecule has 0 saturated carbocycles. The van der Waals surface area contributed by atoms with Crippen molar-refractivity contribution >= 4 is 13.7 Å². The summed E-state index contributed by atoms with van der Waals surface area (Å²) >= 11 is 0. The molecule has 0 aliphatic heterocycles. The van der Waals surface area contributed by atoms with Crippen LogP contribution >= 0.6 is 7.82 Å². The third-order valence-electron chi connectivity index (χ3n) is 7.09. The largest absolute Gasteiger partial charge is 0.756 e. The third-order valence-corrected chi connectivity index (χ3v) is 8.06. The van der Waals surface area contributed by atoms with Gasteiger partial charge in [0.1, 0.15) is 13.2 Å². The first-order chi connectivity index (χ1) is 20.5. The van der Waals surface area contributed by atoms with Crippen LogP contribution in [0.15, 0.2) is 36.5 Å². The van der Waals surface area contributed by atoms with E-state index in [1.807, 2.05) is 27.2 Å². The molecule has 0 radical (unpaired) electrons. The van der Waals surface area contributed by atoms with E-state index in [1.165, 1.54) is 44.9 Å². The van der Waals surface area contributed by atoms with Crippen LogP contribution in [0.2, 0.25) is 0 Å². The Balaban J connectivity index is 4.29. The minimum Gasteiger partial charge on any atom is -0.756 e. The Morgan fingerprint density at radius 1 is 0.814 bits per heavy atom. The molecule has 0 saturated heterocycles. The van der Waals surface area contributed by atoms with Crippen LogP contribution in [0.3, 0.4) is 0 Å². The average molecular weight is 629 g/mol. The first kappa shape index (κ1) is 41.7. The number of unbranched alkanes of at least 4 members (excludes halogenated alkanes) is 12. The van der Waals surface area contributed by atoms with Crippen LogP contribution in [-0.4, -0.2) is 68.5 Å². The van der Waals surface area contributed by atoms with Crippen molar-refractivity contribution in [1.82, 2.24) is 5.32 Å². The third kappa shape index (κ3) is 29.2. The number of quaternary nitrogens is 1. The molecular weight excluding hydrogens is 563 g/mol. The number of hydrogen-bond donors (Lipinski definition) is 2. The Labute approximate surface area is 264 Å². The number of aliphatic hydroxyl groups excluding tert-OH is 1. The van der Waals surface area contributed by atoms with Crippen LogP contribution in [0.1, 0.15) is 123 Å². The molecule has 0 fully saturated rings. The second-order valence-corrected chi connectivity index (χ2v) is 13.9. The van der Waals surface area contributed by atoms with E-state index in [0.29, 0.717) is 17.4 Å². The molecule has 0 spiro atoms. The van der Waals surface area contributed by atoms with E-state index in [2.05, 4.69) is 43.5 Å². The zero-order valence-electron chi connectivity index (χ0n) is 28.1. The summed E-state index contributed by atoms with van der Waals surface area (Å²) in [5, 5.41) is 13.4. The molecule has 3 unspecified atom stereocenters. The topological polar surface area (TPSA) is 108 Å². The molecule has 252 valence electrons. The van der Waals surface area contributed by atoms with E-state index in [4.69, 9.17) is 9.05 Å². The van der Waals surface area contributed by atoms with Crippen LogP contribution in [0.4, 0.5) is 0 Å². The van der Waals surface area contributed by atoms with Gasteiger partial charge in [0.25, 0.3) is 7.82 Å². The standard InChI is InChI=1S/C34H65N2O6P/c1-6-8-10-12-13-14-15-16-17-18-19-20-21-22-23-24-26-28-34(38)35-32(33(37)27-25-11-9-7-2)31-42-43(39,40)41-30-29-36(3,4)5/h13-14,16-17,25,27,32-33,37H,6-12,15,18-24,26,28-31H2,1-5H3,(H-,35,38,39,40)/b14-13-,17-16-,27-25+. The fraction of sp³-hybridized carbons (Fsp3) is 0.794. The van der Waals surface area contributed by atoms with Gasteiger partial charge in [0.2, 0.25) is 5.91 Å². The molecule has 0 aliphatic carbocycles. The predicted octanol–water partition coefficient (Wildman–Crippen LogP) is 7.38. The Hall–Kier alpha value is -1.28. The SMILES string of the molecule is CCCC/C=C/C(O)C(COP(=O)([O-])OCC[N+](C)(C)C)NC(=O)CCCCCCCCC/C=C\C/C=C\CCCCC. The maximum absolute atomic E-state index is 12.6. The van der Waals surface area contributed by atoms with Gasteiger partial charge in [0.15, 0.2) is 0 Å². The first-order valence-electron chi connectivity index (χ1n) is 16.9. The molecule has 0 aliphatic rings. The maximum atomic E-state index is 12.6. The summed E-state index contributed by atoms with van der Waals surface area (Å²) in [7, 11) is 1.24. The summed E-state index contributed by atoms with van der Waals surface area (Å²) in [5.74, 6) is -0.219. The Morgan fingerprint density at radius 2 is 1.37 bits per heavy atom. The van der Waals surface area contributed by atoms with E-state index in [0.717, 1.165) is 57.8 Å². The van der Waals surface area contributed by atoms with Crippen LogP contribution in [0.5, 0.6) is 0 Å². The van der Waals surface area contributed by atoms with Gasteiger partial charge in [-0.2, -0.15) is 0 Å². The van der Waals surface area contributed by atoms with E-state index < -0.39 is 20.0 Å². The van der Waals surface area contributed by atoms with Gasteiger partial charge in [0, 0.05) is 6.42 Å². The number of nitrogens with zero attached hydrogens (tertiary/aromatic N) is 1. The minimum atomic E-state index is -4.56. The zero-order valence-corrected chi connectivity index (χ0v) is 29.0. The van der Waals surface area contributed by atoms with E-state index in [1.54, 1.807) is 6.08 Å². The average Bonchev–Trinajstić information content (AvgIpc) is 2.94. The van der Waals surface area contributed by atoms with Crippen LogP contribution < -0.4 is 10.2 Å². The van der Waals surface area contributed by atoms with Gasteiger partial charge in [-0.3, -0.25) is 9.36 Å². The number of nitrogens with one attached hydrogen (secondary N) is 1. The van der Waals surface area contributed by atoms with Gasteiger partial charge in [-0.15, -0.1) is 0 Å². The summed E-state index contributed by atoms with van der Waals surface area (Å²) in [6.45, 7) is 4.42. The fourth-order valence-corrected chi connectivity index (χ4v) is 5.01. The maximum Gasteiger partial charge on any atom is 0.268 e. The molecule has 9 heteroatoms. The van der Waals surface area contributed by atoms with Gasteiger partial charge in [-0.05, 0) is 44.9 Å². The summed E-state index contributed by atoms with van der Waals surface area (Å²) in [4.78, 5) is 24.8. The molecule has 0 aromatic rings. The van der Waals surface area contributed by atoms with Crippen molar-refractivity contribution in [3.63, 3.8) is 0 Å². The monoisotopic (exact) mass is 628 g/mol. The molecule has 0 heterocycles. The smallest absolute Gasteiger partial charge is 0.268 e. The number of phosphoric acid groups is 1. The van der Waals surface area contributed by atoms with Crippen molar-refractivity contribution in [2.45, 2.75) is 135 Å². The normalized spacial score (nSPS) is 15.4. The number of likely N-dealkylation sites (N-methyl/N-ethyl adjacent to an activating group) is 1. The summed E-state index contributed by atoms with van der Waals surface area (Å²) in [6, 6.07) is -0.884. The summed E-state index contributed by atoms with van der Waals surface area (Å²) in [5.41, 5.74) is 0. The van der Waals surface area contributed by atoms with Gasteiger partial charge in [-0.25, -0.2) is 0 Å². The van der Waals surface area contributed by atoms with Crippen molar-refractivity contribution < 1.29 is 32.9 Å². The fourth-order valence-electron chi connectivity index (χ4n) is 4.28. The van der Waals surface area contributed by atoms with Crippen LogP contribution in [0, 0.1) is 0 Å². The van der Waals surface area contributed by atoms with Crippen molar-refractivity contribution in [3.8, 4) is 0 Å².